The second kappa shape index (κ2) is 6.02. The van der Waals surface area contributed by atoms with Crippen molar-refractivity contribution < 1.29 is 9.59 Å². The van der Waals surface area contributed by atoms with Gasteiger partial charge in [0.1, 0.15) is 6.54 Å². The van der Waals surface area contributed by atoms with Gasteiger partial charge in [0.25, 0.3) is 0 Å². The number of anilines is 1. The van der Waals surface area contributed by atoms with Crippen LogP contribution in [0.3, 0.4) is 0 Å². The number of benzene rings is 1. The molecule has 1 N–H and O–H groups in total. The molecule has 3 aromatic rings. The highest BCUT2D eigenvalue weighted by molar-refractivity contribution is 9.10. The van der Waals surface area contributed by atoms with Crippen LogP contribution in [-0.2, 0) is 11.3 Å². The number of nitrogens with one attached hydrogen (secondary N) is 1. The molecule has 3 rings (SSSR count). The molecule has 112 valence electrons. The lowest BCUT2D eigenvalue weighted by atomic mass is 10.2. The SMILES string of the molecule is Cc1cnc(NC(=O)Cn2cc(C=O)c3cc(Br)ccc32)s1. The topological polar surface area (TPSA) is 64.0 Å². The van der Waals surface area contributed by atoms with Crippen LogP contribution < -0.4 is 5.32 Å². The minimum atomic E-state index is -0.174. The van der Waals surface area contributed by atoms with Gasteiger partial charge in [0.05, 0.1) is 0 Å². The largest absolute Gasteiger partial charge is 0.337 e. The molecule has 0 aliphatic carbocycles. The Kier molecular flexibility index (Phi) is 4.08. The molecule has 0 aliphatic heterocycles. The van der Waals surface area contributed by atoms with Crippen LogP contribution in [0, 0.1) is 6.92 Å². The van der Waals surface area contributed by atoms with Crippen molar-refractivity contribution in [2.45, 2.75) is 13.5 Å². The zero-order valence-electron chi connectivity index (χ0n) is 11.7. The summed E-state index contributed by atoms with van der Waals surface area (Å²) >= 11 is 4.82. The molecule has 0 fully saturated rings. The van der Waals surface area contributed by atoms with Gasteiger partial charge in [-0.15, -0.1) is 11.3 Å². The Morgan fingerprint density at radius 3 is 3.00 bits per heavy atom. The summed E-state index contributed by atoms with van der Waals surface area (Å²) < 4.78 is 2.66. The molecule has 0 atom stereocenters. The molecule has 22 heavy (non-hydrogen) atoms. The van der Waals surface area contributed by atoms with Crippen LogP contribution in [0.15, 0.2) is 35.1 Å². The maximum absolute atomic E-state index is 12.1. The smallest absolute Gasteiger partial charge is 0.246 e. The zero-order chi connectivity index (χ0) is 15.7. The van der Waals surface area contributed by atoms with Crippen molar-refractivity contribution in [3.05, 3.63) is 45.5 Å². The molecule has 0 spiro atoms. The van der Waals surface area contributed by atoms with Crippen molar-refractivity contribution >= 4 is 55.5 Å². The first kappa shape index (κ1) is 14.9. The summed E-state index contributed by atoms with van der Waals surface area (Å²) in [5.41, 5.74) is 1.41. The van der Waals surface area contributed by atoms with Gasteiger partial charge < -0.3 is 9.88 Å². The molecule has 0 saturated carbocycles. The maximum atomic E-state index is 12.1. The number of aromatic nitrogens is 2. The summed E-state index contributed by atoms with van der Waals surface area (Å²) in [5.74, 6) is -0.174. The van der Waals surface area contributed by atoms with Gasteiger partial charge in [-0.2, -0.15) is 0 Å². The predicted octanol–water partition coefficient (Wildman–Crippen LogP) is 3.62. The summed E-state index contributed by atoms with van der Waals surface area (Å²) in [5, 5.41) is 4.17. The van der Waals surface area contributed by atoms with Crippen LogP contribution in [0.1, 0.15) is 15.2 Å². The van der Waals surface area contributed by atoms with Gasteiger partial charge in [-0.25, -0.2) is 4.98 Å². The van der Waals surface area contributed by atoms with Crippen LogP contribution >= 0.6 is 27.3 Å². The first-order valence-electron chi connectivity index (χ1n) is 6.52. The van der Waals surface area contributed by atoms with Crippen LogP contribution in [0.25, 0.3) is 10.9 Å². The van der Waals surface area contributed by atoms with E-state index in [0.717, 1.165) is 26.5 Å². The highest BCUT2D eigenvalue weighted by atomic mass is 79.9. The summed E-state index contributed by atoms with van der Waals surface area (Å²) in [4.78, 5) is 28.5. The lowest BCUT2D eigenvalue weighted by molar-refractivity contribution is -0.116. The third kappa shape index (κ3) is 2.95. The minimum Gasteiger partial charge on any atom is -0.337 e. The standard InChI is InChI=1S/C15H12BrN3O2S/c1-9-5-17-15(22-9)18-14(21)7-19-6-10(8-20)12-4-11(16)2-3-13(12)19/h2-6,8H,7H2,1H3,(H,17,18,21). The maximum Gasteiger partial charge on any atom is 0.246 e. The van der Waals surface area contributed by atoms with Gasteiger partial charge in [-0.05, 0) is 25.1 Å². The molecule has 0 aliphatic rings. The summed E-state index contributed by atoms with van der Waals surface area (Å²) in [6.07, 6.45) is 4.21. The van der Waals surface area contributed by atoms with Crippen molar-refractivity contribution in [1.82, 2.24) is 9.55 Å². The number of aryl methyl sites for hydroxylation is 1. The first-order chi connectivity index (χ1) is 10.6. The van der Waals surface area contributed by atoms with Gasteiger partial charge in [0.15, 0.2) is 11.4 Å². The van der Waals surface area contributed by atoms with E-state index in [1.807, 2.05) is 25.1 Å². The Morgan fingerprint density at radius 2 is 2.32 bits per heavy atom. The molecule has 7 heteroatoms. The Hall–Kier alpha value is -1.99. The molecule has 2 aromatic heterocycles. The summed E-state index contributed by atoms with van der Waals surface area (Å²) in [6, 6.07) is 5.64. The fourth-order valence-electron chi connectivity index (χ4n) is 2.25. The van der Waals surface area contributed by atoms with Crippen molar-refractivity contribution in [3.8, 4) is 0 Å². The third-order valence-corrected chi connectivity index (χ3v) is 4.50. The quantitative estimate of drug-likeness (QED) is 0.706. The van der Waals surface area contributed by atoms with Gasteiger partial charge in [-0.1, -0.05) is 15.9 Å². The fraction of sp³-hybridized carbons (Fsp3) is 0.133. The number of amides is 1. The number of hydrogen-bond donors (Lipinski definition) is 1. The minimum absolute atomic E-state index is 0.130. The van der Waals surface area contributed by atoms with E-state index in [9.17, 15) is 9.59 Å². The number of hydrogen-bond acceptors (Lipinski definition) is 4. The molecule has 2 heterocycles. The van der Waals surface area contributed by atoms with Crippen molar-refractivity contribution in [3.63, 3.8) is 0 Å². The molecule has 0 radical (unpaired) electrons. The molecule has 5 nitrogen and oxygen atoms in total. The third-order valence-electron chi connectivity index (χ3n) is 3.18. The Balaban J connectivity index is 1.87. The van der Waals surface area contributed by atoms with Crippen LogP contribution in [0.4, 0.5) is 5.13 Å². The Bertz CT molecular complexity index is 869. The Morgan fingerprint density at radius 1 is 1.50 bits per heavy atom. The average molecular weight is 378 g/mol. The van der Waals surface area contributed by atoms with Crippen molar-refractivity contribution in [1.29, 1.82) is 0 Å². The molecule has 0 unspecified atom stereocenters. The van der Waals surface area contributed by atoms with E-state index >= 15 is 0 Å². The number of thiazole rings is 1. The van der Waals surface area contributed by atoms with Crippen molar-refractivity contribution in [2.75, 3.05) is 5.32 Å². The molecule has 1 amide bonds. The van der Waals surface area contributed by atoms with Gasteiger partial charge in [-0.3, -0.25) is 9.59 Å². The monoisotopic (exact) mass is 377 g/mol. The Labute approximate surface area is 139 Å². The number of halogens is 1. The van der Waals surface area contributed by atoms with Crippen LogP contribution in [0.2, 0.25) is 0 Å². The number of aldehydes is 1. The predicted molar refractivity (Wildman–Crippen MR) is 90.5 cm³/mol. The molecule has 0 bridgehead atoms. The van der Waals surface area contributed by atoms with E-state index in [1.54, 1.807) is 17.0 Å². The molecular weight excluding hydrogens is 366 g/mol. The zero-order valence-corrected chi connectivity index (χ0v) is 14.1. The highest BCUT2D eigenvalue weighted by Gasteiger charge is 2.12. The number of carbonyl (C=O) groups is 2. The van der Waals surface area contributed by atoms with Gasteiger partial charge in [0.2, 0.25) is 5.91 Å². The fourth-order valence-corrected chi connectivity index (χ4v) is 3.29. The number of carbonyl (C=O) groups excluding carboxylic acids is 2. The lowest BCUT2D eigenvalue weighted by Crippen LogP contribution is -2.18. The molecule has 1 aromatic carbocycles. The van der Waals surface area contributed by atoms with Crippen molar-refractivity contribution in [2.24, 2.45) is 0 Å². The summed E-state index contributed by atoms with van der Waals surface area (Å²) in [6.45, 7) is 2.06. The lowest BCUT2D eigenvalue weighted by Gasteiger charge is -2.05. The number of fused-ring (bicyclic) bond motifs is 1. The molecule has 0 saturated heterocycles. The van der Waals surface area contributed by atoms with E-state index in [-0.39, 0.29) is 12.5 Å². The number of nitrogens with zero attached hydrogens (tertiary/aromatic N) is 2. The first-order valence-corrected chi connectivity index (χ1v) is 8.13. The van der Waals surface area contributed by atoms with Crippen LogP contribution in [-0.4, -0.2) is 21.7 Å². The second-order valence-electron chi connectivity index (χ2n) is 4.82. The second-order valence-corrected chi connectivity index (χ2v) is 6.97. The highest BCUT2D eigenvalue weighted by Crippen LogP contribution is 2.24. The van der Waals surface area contributed by atoms with Gasteiger partial charge >= 0.3 is 0 Å². The molecular formula is C15H12BrN3O2S. The van der Waals surface area contributed by atoms with Crippen LogP contribution in [0.5, 0.6) is 0 Å². The van der Waals surface area contributed by atoms with E-state index in [2.05, 4.69) is 26.2 Å². The van der Waals surface area contributed by atoms with E-state index in [1.165, 1.54) is 11.3 Å². The van der Waals surface area contributed by atoms with E-state index < -0.39 is 0 Å². The van der Waals surface area contributed by atoms with Gasteiger partial charge in [0, 0.05) is 38.2 Å². The summed E-state index contributed by atoms with van der Waals surface area (Å²) in [7, 11) is 0. The number of rotatable bonds is 4. The normalized spacial score (nSPS) is 10.8. The average Bonchev–Trinajstić information content (AvgIpc) is 3.02. The van der Waals surface area contributed by atoms with E-state index in [0.29, 0.717) is 10.7 Å². The van der Waals surface area contributed by atoms with E-state index in [4.69, 9.17) is 0 Å².